The first-order valence-electron chi connectivity index (χ1n) is 4.56. The third kappa shape index (κ3) is 1.93. The lowest BCUT2D eigenvalue weighted by atomic mass is 10.1. The van der Waals surface area contributed by atoms with Gasteiger partial charge in [-0.2, -0.15) is 0 Å². The lowest BCUT2D eigenvalue weighted by Gasteiger charge is -2.17. The highest BCUT2D eigenvalue weighted by atomic mass is 35.5. The average molecular weight is 228 g/mol. The van der Waals surface area contributed by atoms with Crippen LogP contribution in [0.5, 0.6) is 0 Å². The van der Waals surface area contributed by atoms with E-state index in [-0.39, 0.29) is 11.0 Å². The van der Waals surface area contributed by atoms with E-state index < -0.39 is 5.97 Å². The summed E-state index contributed by atoms with van der Waals surface area (Å²) in [4.78, 5) is 19.4. The zero-order valence-corrected chi connectivity index (χ0v) is 8.97. The molecule has 0 aromatic carbocycles. The van der Waals surface area contributed by atoms with Gasteiger partial charge >= 0.3 is 5.97 Å². The summed E-state index contributed by atoms with van der Waals surface area (Å²) >= 11 is 5.73. The number of carbonyl (C=O) groups is 1. The summed E-state index contributed by atoms with van der Waals surface area (Å²) in [6.45, 7) is 1.41. The third-order valence-electron chi connectivity index (χ3n) is 2.28. The first-order valence-corrected chi connectivity index (χ1v) is 4.94. The van der Waals surface area contributed by atoms with Crippen LogP contribution in [0, 0.1) is 0 Å². The molecule has 6 heteroatoms. The molecule has 80 valence electrons. The number of esters is 1. The number of carbonyl (C=O) groups excluding carboxylic acids is 1. The van der Waals surface area contributed by atoms with Gasteiger partial charge in [0.2, 0.25) is 5.28 Å². The Morgan fingerprint density at radius 2 is 2.33 bits per heavy atom. The normalized spacial score (nSPS) is 14.5. The standard InChI is InChI=1S/C9H10ClN3O2/c1-15-8(14)7-5-4-11-3-2-6(5)12-9(10)13-7/h11H,2-4H2,1H3. The van der Waals surface area contributed by atoms with Crippen LogP contribution in [-0.4, -0.2) is 29.6 Å². The molecule has 0 radical (unpaired) electrons. The van der Waals surface area contributed by atoms with Gasteiger partial charge in [-0.1, -0.05) is 0 Å². The van der Waals surface area contributed by atoms with Crippen molar-refractivity contribution >= 4 is 17.6 Å². The maximum Gasteiger partial charge on any atom is 0.357 e. The summed E-state index contributed by atoms with van der Waals surface area (Å²) in [7, 11) is 1.32. The van der Waals surface area contributed by atoms with E-state index in [2.05, 4.69) is 20.0 Å². The second-order valence-corrected chi connectivity index (χ2v) is 3.52. The van der Waals surface area contributed by atoms with Crippen LogP contribution >= 0.6 is 11.6 Å². The molecule has 0 fully saturated rings. The van der Waals surface area contributed by atoms with Crippen LogP contribution in [0.1, 0.15) is 21.7 Å². The molecule has 1 N–H and O–H groups in total. The predicted molar refractivity (Wildman–Crippen MR) is 53.8 cm³/mol. The van der Waals surface area contributed by atoms with Crippen molar-refractivity contribution in [1.29, 1.82) is 0 Å². The largest absolute Gasteiger partial charge is 0.464 e. The Balaban J connectivity index is 2.52. The SMILES string of the molecule is COC(=O)c1nc(Cl)nc2c1CNCC2. The molecule has 0 spiro atoms. The van der Waals surface area contributed by atoms with Gasteiger partial charge in [0.05, 0.1) is 12.8 Å². The Bertz CT molecular complexity index is 409. The van der Waals surface area contributed by atoms with Gasteiger partial charge in [-0.25, -0.2) is 14.8 Å². The maximum absolute atomic E-state index is 11.4. The number of hydrogen-bond acceptors (Lipinski definition) is 5. The minimum Gasteiger partial charge on any atom is -0.464 e. The number of methoxy groups -OCH3 is 1. The van der Waals surface area contributed by atoms with Crippen molar-refractivity contribution in [3.8, 4) is 0 Å². The Labute approximate surface area is 91.8 Å². The molecule has 1 aromatic heterocycles. The Morgan fingerprint density at radius 3 is 3.07 bits per heavy atom. The fourth-order valence-corrected chi connectivity index (χ4v) is 1.77. The van der Waals surface area contributed by atoms with E-state index in [1.165, 1.54) is 7.11 Å². The topological polar surface area (TPSA) is 64.1 Å². The van der Waals surface area contributed by atoms with Crippen molar-refractivity contribution in [2.75, 3.05) is 13.7 Å². The number of hydrogen-bond donors (Lipinski definition) is 1. The first kappa shape index (κ1) is 10.3. The second-order valence-electron chi connectivity index (χ2n) is 3.18. The van der Waals surface area contributed by atoms with Crippen molar-refractivity contribution in [3.05, 3.63) is 22.2 Å². The molecule has 0 bridgehead atoms. The number of ether oxygens (including phenoxy) is 1. The second kappa shape index (κ2) is 4.12. The zero-order chi connectivity index (χ0) is 10.8. The monoisotopic (exact) mass is 227 g/mol. The van der Waals surface area contributed by atoms with Gasteiger partial charge < -0.3 is 10.1 Å². The first-order chi connectivity index (χ1) is 7.22. The number of halogens is 1. The summed E-state index contributed by atoms with van der Waals surface area (Å²) in [5.74, 6) is -0.473. The molecule has 0 saturated carbocycles. The number of nitrogens with one attached hydrogen (secondary N) is 1. The maximum atomic E-state index is 11.4. The van der Waals surface area contributed by atoms with Crippen molar-refractivity contribution in [2.45, 2.75) is 13.0 Å². The van der Waals surface area contributed by atoms with Crippen molar-refractivity contribution in [1.82, 2.24) is 15.3 Å². The minimum absolute atomic E-state index is 0.0936. The van der Waals surface area contributed by atoms with E-state index in [4.69, 9.17) is 11.6 Å². The molecule has 2 heterocycles. The Kier molecular flexibility index (Phi) is 2.83. The minimum atomic E-state index is -0.473. The summed E-state index contributed by atoms with van der Waals surface area (Å²) in [6.07, 6.45) is 0.752. The summed E-state index contributed by atoms with van der Waals surface area (Å²) in [5, 5.41) is 3.24. The van der Waals surface area contributed by atoms with Crippen LogP contribution < -0.4 is 5.32 Å². The summed E-state index contributed by atoms with van der Waals surface area (Å²) in [6, 6.07) is 0. The van der Waals surface area contributed by atoms with Crippen molar-refractivity contribution in [3.63, 3.8) is 0 Å². The van der Waals surface area contributed by atoms with Gasteiger partial charge in [-0.15, -0.1) is 0 Å². The molecule has 5 nitrogen and oxygen atoms in total. The highest BCUT2D eigenvalue weighted by Crippen LogP contribution is 2.18. The van der Waals surface area contributed by atoms with E-state index in [0.717, 1.165) is 24.2 Å². The van der Waals surface area contributed by atoms with E-state index in [1.807, 2.05) is 0 Å². The highest BCUT2D eigenvalue weighted by molar-refractivity contribution is 6.28. The van der Waals surface area contributed by atoms with Gasteiger partial charge in [0.25, 0.3) is 0 Å². The molecule has 0 amide bonds. The molecule has 0 saturated heterocycles. The van der Waals surface area contributed by atoms with Crippen LogP contribution in [0.4, 0.5) is 0 Å². The van der Waals surface area contributed by atoms with Gasteiger partial charge in [-0.3, -0.25) is 0 Å². The quantitative estimate of drug-likeness (QED) is 0.561. The van der Waals surface area contributed by atoms with Gasteiger partial charge in [-0.05, 0) is 11.6 Å². The van der Waals surface area contributed by atoms with Crippen LogP contribution in [0.2, 0.25) is 5.28 Å². The molecule has 1 aliphatic rings. The van der Waals surface area contributed by atoms with E-state index in [9.17, 15) is 4.79 Å². The average Bonchev–Trinajstić information content (AvgIpc) is 2.26. The smallest absolute Gasteiger partial charge is 0.357 e. The van der Waals surface area contributed by atoms with Crippen molar-refractivity contribution < 1.29 is 9.53 Å². The van der Waals surface area contributed by atoms with Crippen LogP contribution in [0.15, 0.2) is 0 Å². The molecule has 2 rings (SSSR count). The predicted octanol–water partition coefficient (Wildman–Crippen LogP) is 0.562. The summed E-state index contributed by atoms with van der Waals surface area (Å²) in [5.41, 5.74) is 1.88. The Morgan fingerprint density at radius 1 is 1.53 bits per heavy atom. The number of aromatic nitrogens is 2. The van der Waals surface area contributed by atoms with E-state index in [1.54, 1.807) is 0 Å². The zero-order valence-electron chi connectivity index (χ0n) is 8.21. The van der Waals surface area contributed by atoms with E-state index >= 15 is 0 Å². The van der Waals surface area contributed by atoms with E-state index in [0.29, 0.717) is 6.54 Å². The lowest BCUT2D eigenvalue weighted by molar-refractivity contribution is 0.0591. The number of nitrogens with zero attached hydrogens (tertiary/aromatic N) is 2. The lowest BCUT2D eigenvalue weighted by Crippen LogP contribution is -2.28. The van der Waals surface area contributed by atoms with Gasteiger partial charge in [0.1, 0.15) is 0 Å². The van der Waals surface area contributed by atoms with Crippen molar-refractivity contribution in [2.24, 2.45) is 0 Å². The number of rotatable bonds is 1. The fourth-order valence-electron chi connectivity index (χ4n) is 1.58. The Hall–Kier alpha value is -1.20. The molecule has 15 heavy (non-hydrogen) atoms. The van der Waals surface area contributed by atoms with Crippen LogP contribution in [0.3, 0.4) is 0 Å². The third-order valence-corrected chi connectivity index (χ3v) is 2.45. The summed E-state index contributed by atoms with van der Waals surface area (Å²) < 4.78 is 4.64. The van der Waals surface area contributed by atoms with Crippen LogP contribution in [0.25, 0.3) is 0 Å². The van der Waals surface area contributed by atoms with Gasteiger partial charge in [0, 0.05) is 25.1 Å². The van der Waals surface area contributed by atoms with Crippen LogP contribution in [-0.2, 0) is 17.7 Å². The van der Waals surface area contributed by atoms with Gasteiger partial charge in [0.15, 0.2) is 5.69 Å². The molecule has 0 unspecified atom stereocenters. The fraction of sp³-hybridized carbons (Fsp3) is 0.444. The molecular formula is C9H10ClN3O2. The molecule has 1 aliphatic heterocycles. The highest BCUT2D eigenvalue weighted by Gasteiger charge is 2.21. The molecule has 1 aromatic rings. The molecule has 0 aliphatic carbocycles. The molecular weight excluding hydrogens is 218 g/mol. The molecule has 0 atom stereocenters. The number of fused-ring (bicyclic) bond motifs is 1.